The molecule has 1 fully saturated rings. The zero-order chi connectivity index (χ0) is 11.9. The molecule has 0 atom stereocenters. The zero-order valence-corrected chi connectivity index (χ0v) is 10.0. The number of aliphatic imine (C=N–C) groups is 1. The lowest BCUT2D eigenvalue weighted by Crippen LogP contribution is -2.41. The number of nitrogens with two attached hydrogens (primary N) is 1. The minimum Gasteiger partial charge on any atom is -0.388 e. The molecule has 0 bridgehead atoms. The van der Waals surface area contributed by atoms with Crippen molar-refractivity contribution in [1.82, 2.24) is 5.32 Å². The molecule has 0 aromatic rings. The van der Waals surface area contributed by atoms with E-state index < -0.39 is 5.60 Å². The SMILES string of the molecule is CCCCNC(N)=NCC1(O)CCOCC1. The smallest absolute Gasteiger partial charge is 0.188 e. The first-order valence-corrected chi connectivity index (χ1v) is 6.00. The molecule has 0 aromatic carbocycles. The molecule has 1 rings (SSSR count). The average Bonchev–Trinajstić information content (AvgIpc) is 2.28. The van der Waals surface area contributed by atoms with Crippen molar-refractivity contribution in [2.45, 2.75) is 38.2 Å². The van der Waals surface area contributed by atoms with E-state index in [0.29, 0.717) is 38.6 Å². The molecule has 1 aliphatic rings. The molecule has 0 radical (unpaired) electrons. The van der Waals surface area contributed by atoms with Gasteiger partial charge in [0.1, 0.15) is 0 Å². The van der Waals surface area contributed by atoms with Crippen LogP contribution in [0, 0.1) is 0 Å². The van der Waals surface area contributed by atoms with E-state index in [0.717, 1.165) is 19.4 Å². The molecule has 0 aromatic heterocycles. The van der Waals surface area contributed by atoms with Crippen molar-refractivity contribution < 1.29 is 9.84 Å². The van der Waals surface area contributed by atoms with Crippen LogP contribution in [0.1, 0.15) is 32.6 Å². The molecule has 16 heavy (non-hydrogen) atoms. The molecular weight excluding hydrogens is 206 g/mol. The first-order chi connectivity index (χ1) is 7.66. The summed E-state index contributed by atoms with van der Waals surface area (Å²) in [5.74, 6) is 0.424. The van der Waals surface area contributed by atoms with Crippen molar-refractivity contribution in [3.63, 3.8) is 0 Å². The van der Waals surface area contributed by atoms with Crippen LogP contribution in [-0.2, 0) is 4.74 Å². The highest BCUT2D eigenvalue weighted by atomic mass is 16.5. The molecule has 0 saturated carbocycles. The largest absolute Gasteiger partial charge is 0.388 e. The van der Waals surface area contributed by atoms with E-state index in [4.69, 9.17) is 10.5 Å². The van der Waals surface area contributed by atoms with Gasteiger partial charge in [0.15, 0.2) is 5.96 Å². The van der Waals surface area contributed by atoms with Gasteiger partial charge >= 0.3 is 0 Å². The van der Waals surface area contributed by atoms with Gasteiger partial charge in [-0.3, -0.25) is 4.99 Å². The third-order valence-corrected chi connectivity index (χ3v) is 2.80. The molecule has 0 amide bonds. The quantitative estimate of drug-likeness (QED) is 0.358. The molecule has 5 nitrogen and oxygen atoms in total. The Kier molecular flexibility index (Phi) is 5.55. The van der Waals surface area contributed by atoms with Gasteiger partial charge in [-0.15, -0.1) is 0 Å². The highest BCUT2D eigenvalue weighted by Crippen LogP contribution is 2.20. The van der Waals surface area contributed by atoms with Crippen LogP contribution in [-0.4, -0.2) is 43.0 Å². The summed E-state index contributed by atoms with van der Waals surface area (Å²) in [6.45, 7) is 4.54. The van der Waals surface area contributed by atoms with Crippen molar-refractivity contribution in [2.75, 3.05) is 26.3 Å². The van der Waals surface area contributed by atoms with Crippen molar-refractivity contribution in [3.8, 4) is 0 Å². The highest BCUT2D eigenvalue weighted by Gasteiger charge is 2.29. The first-order valence-electron chi connectivity index (χ1n) is 6.00. The predicted octanol–water partition coefficient (Wildman–Crippen LogP) is 0.232. The summed E-state index contributed by atoms with van der Waals surface area (Å²) in [6.07, 6.45) is 3.48. The second-order valence-corrected chi connectivity index (χ2v) is 4.32. The van der Waals surface area contributed by atoms with Gasteiger partial charge in [-0.2, -0.15) is 0 Å². The fourth-order valence-electron chi connectivity index (χ4n) is 1.59. The predicted molar refractivity (Wildman–Crippen MR) is 64.4 cm³/mol. The summed E-state index contributed by atoms with van der Waals surface area (Å²) in [6, 6.07) is 0. The average molecular weight is 229 g/mol. The Hall–Kier alpha value is -0.810. The van der Waals surface area contributed by atoms with Gasteiger partial charge in [0.25, 0.3) is 0 Å². The minimum absolute atomic E-state index is 0.362. The Morgan fingerprint density at radius 1 is 1.50 bits per heavy atom. The number of aliphatic hydroxyl groups is 1. The fraction of sp³-hybridized carbons (Fsp3) is 0.909. The second-order valence-electron chi connectivity index (χ2n) is 4.32. The number of guanidine groups is 1. The van der Waals surface area contributed by atoms with Crippen molar-refractivity contribution in [1.29, 1.82) is 0 Å². The van der Waals surface area contributed by atoms with Gasteiger partial charge < -0.3 is 20.9 Å². The summed E-state index contributed by atoms with van der Waals surface area (Å²) >= 11 is 0. The molecular formula is C11H23N3O2. The van der Waals surface area contributed by atoms with Crippen molar-refractivity contribution >= 4 is 5.96 Å². The maximum atomic E-state index is 10.1. The van der Waals surface area contributed by atoms with Crippen molar-refractivity contribution in [2.24, 2.45) is 10.7 Å². The van der Waals surface area contributed by atoms with Gasteiger partial charge in [0, 0.05) is 32.6 Å². The number of nitrogens with zero attached hydrogens (tertiary/aromatic N) is 1. The lowest BCUT2D eigenvalue weighted by molar-refractivity contribution is -0.0565. The maximum Gasteiger partial charge on any atom is 0.188 e. The third-order valence-electron chi connectivity index (χ3n) is 2.80. The molecule has 0 aliphatic carbocycles. The number of rotatable bonds is 5. The van der Waals surface area contributed by atoms with Crippen LogP contribution in [0.15, 0.2) is 4.99 Å². The monoisotopic (exact) mass is 229 g/mol. The van der Waals surface area contributed by atoms with E-state index in [-0.39, 0.29) is 0 Å². The lowest BCUT2D eigenvalue weighted by atomic mass is 9.95. The highest BCUT2D eigenvalue weighted by molar-refractivity contribution is 5.77. The van der Waals surface area contributed by atoms with Crippen molar-refractivity contribution in [3.05, 3.63) is 0 Å². The van der Waals surface area contributed by atoms with Crippen LogP contribution in [0.5, 0.6) is 0 Å². The third kappa shape index (κ3) is 4.81. The van der Waals surface area contributed by atoms with E-state index in [1.54, 1.807) is 0 Å². The van der Waals surface area contributed by atoms with Crippen LogP contribution in [0.2, 0.25) is 0 Å². The summed E-state index contributed by atoms with van der Waals surface area (Å²) in [7, 11) is 0. The zero-order valence-electron chi connectivity index (χ0n) is 10.0. The van der Waals surface area contributed by atoms with E-state index >= 15 is 0 Å². The fourth-order valence-corrected chi connectivity index (χ4v) is 1.59. The van der Waals surface area contributed by atoms with E-state index in [1.165, 1.54) is 0 Å². The van der Waals surface area contributed by atoms with E-state index in [2.05, 4.69) is 17.2 Å². The number of ether oxygens (including phenoxy) is 1. The Morgan fingerprint density at radius 2 is 2.19 bits per heavy atom. The molecule has 4 N–H and O–H groups in total. The van der Waals surface area contributed by atoms with Crippen LogP contribution >= 0.6 is 0 Å². The molecule has 1 aliphatic heterocycles. The van der Waals surface area contributed by atoms with Gasteiger partial charge in [-0.05, 0) is 6.42 Å². The number of unbranched alkanes of at least 4 members (excludes halogenated alkanes) is 1. The summed E-state index contributed by atoms with van der Waals surface area (Å²) in [5.41, 5.74) is 4.96. The molecule has 94 valence electrons. The van der Waals surface area contributed by atoms with Gasteiger partial charge in [0.2, 0.25) is 0 Å². The van der Waals surface area contributed by atoms with Crippen LogP contribution < -0.4 is 11.1 Å². The Morgan fingerprint density at radius 3 is 2.81 bits per heavy atom. The number of hydrogen-bond acceptors (Lipinski definition) is 3. The van der Waals surface area contributed by atoms with Crippen LogP contribution in [0.3, 0.4) is 0 Å². The Balaban J connectivity index is 2.27. The van der Waals surface area contributed by atoms with Gasteiger partial charge in [-0.1, -0.05) is 13.3 Å². The molecule has 0 unspecified atom stereocenters. The minimum atomic E-state index is -0.727. The van der Waals surface area contributed by atoms with Gasteiger partial charge in [0.05, 0.1) is 12.1 Å². The van der Waals surface area contributed by atoms with Gasteiger partial charge in [-0.25, -0.2) is 0 Å². The lowest BCUT2D eigenvalue weighted by Gasteiger charge is -2.30. The molecule has 1 heterocycles. The molecule has 0 spiro atoms. The molecule has 5 heteroatoms. The number of hydrogen-bond donors (Lipinski definition) is 3. The summed E-state index contributed by atoms with van der Waals surface area (Å²) < 4.78 is 5.20. The molecule has 1 saturated heterocycles. The summed E-state index contributed by atoms with van der Waals surface area (Å²) in [4.78, 5) is 4.17. The van der Waals surface area contributed by atoms with E-state index in [9.17, 15) is 5.11 Å². The van der Waals surface area contributed by atoms with E-state index in [1.807, 2.05) is 0 Å². The normalized spacial score (nSPS) is 20.8. The Labute approximate surface area is 97.1 Å². The topological polar surface area (TPSA) is 79.9 Å². The maximum absolute atomic E-state index is 10.1. The van der Waals surface area contributed by atoms with Crippen LogP contribution in [0.25, 0.3) is 0 Å². The van der Waals surface area contributed by atoms with Crippen LogP contribution in [0.4, 0.5) is 0 Å². The standard InChI is InChI=1S/C11H23N3O2/c1-2-3-6-13-10(12)14-9-11(15)4-7-16-8-5-11/h15H,2-9H2,1H3,(H3,12,13,14). The second kappa shape index (κ2) is 6.70. The Bertz CT molecular complexity index is 225. The number of nitrogens with one attached hydrogen (secondary N) is 1. The first kappa shape index (κ1) is 13.3. The summed E-state index contributed by atoms with van der Waals surface area (Å²) in [5, 5.41) is 13.1.